The van der Waals surface area contributed by atoms with E-state index in [1.54, 1.807) is 19.1 Å². The van der Waals surface area contributed by atoms with E-state index < -0.39 is 6.61 Å². The van der Waals surface area contributed by atoms with Crippen molar-refractivity contribution in [1.29, 1.82) is 0 Å². The Bertz CT molecular complexity index is 838. The number of morpholine rings is 1. The van der Waals surface area contributed by atoms with Crippen LogP contribution in [0.25, 0.3) is 0 Å². The number of amides is 1. The van der Waals surface area contributed by atoms with Gasteiger partial charge in [0.05, 0.1) is 31.0 Å². The van der Waals surface area contributed by atoms with Gasteiger partial charge in [0, 0.05) is 24.0 Å². The fraction of sp³-hybridized carbons (Fsp3) is 0.389. The van der Waals surface area contributed by atoms with Crippen LogP contribution in [0.1, 0.15) is 18.2 Å². The molecule has 1 fully saturated rings. The Labute approximate surface area is 165 Å². The second kappa shape index (κ2) is 9.56. The number of thiazole rings is 1. The van der Waals surface area contributed by atoms with Crippen LogP contribution >= 0.6 is 11.3 Å². The summed E-state index contributed by atoms with van der Waals surface area (Å²) in [5.74, 6) is -0.273. The van der Waals surface area contributed by atoms with Crippen molar-refractivity contribution in [3.63, 3.8) is 0 Å². The molecule has 1 aliphatic heterocycles. The van der Waals surface area contributed by atoms with Gasteiger partial charge in [-0.1, -0.05) is 12.1 Å². The highest BCUT2D eigenvalue weighted by atomic mass is 32.1. The van der Waals surface area contributed by atoms with E-state index in [0.29, 0.717) is 30.2 Å². The molecule has 1 aromatic heterocycles. The van der Waals surface area contributed by atoms with Gasteiger partial charge in [-0.2, -0.15) is 13.9 Å². The molecule has 0 saturated carbocycles. The maximum Gasteiger partial charge on any atom is 0.387 e. The number of carbonyl (C=O) groups is 1. The number of aromatic nitrogens is 1. The van der Waals surface area contributed by atoms with E-state index in [-0.39, 0.29) is 18.1 Å². The fourth-order valence-corrected chi connectivity index (χ4v) is 3.47. The fourth-order valence-electron chi connectivity index (χ4n) is 2.59. The van der Waals surface area contributed by atoms with Gasteiger partial charge in [-0.3, -0.25) is 4.79 Å². The third-order valence-electron chi connectivity index (χ3n) is 3.99. The molecule has 28 heavy (non-hydrogen) atoms. The molecular formula is C18H20F2N4O3S. The highest BCUT2D eigenvalue weighted by molar-refractivity contribution is 7.13. The van der Waals surface area contributed by atoms with E-state index in [2.05, 4.69) is 25.1 Å². The number of nitrogens with zero attached hydrogens (tertiary/aromatic N) is 3. The summed E-state index contributed by atoms with van der Waals surface area (Å²) < 4.78 is 34.3. The van der Waals surface area contributed by atoms with Crippen LogP contribution in [0.4, 0.5) is 13.9 Å². The molecule has 3 rings (SSSR count). The molecule has 0 radical (unpaired) electrons. The highest BCUT2D eigenvalue weighted by Crippen LogP contribution is 2.21. The minimum Gasteiger partial charge on any atom is -0.435 e. The molecule has 2 heterocycles. The molecule has 0 unspecified atom stereocenters. The van der Waals surface area contributed by atoms with Crippen molar-refractivity contribution in [1.82, 2.24) is 10.4 Å². The lowest BCUT2D eigenvalue weighted by Gasteiger charge is -2.26. The molecule has 0 bridgehead atoms. The quantitative estimate of drug-likeness (QED) is 0.561. The Balaban J connectivity index is 1.55. The van der Waals surface area contributed by atoms with E-state index >= 15 is 0 Å². The van der Waals surface area contributed by atoms with Gasteiger partial charge in [-0.15, -0.1) is 11.3 Å². The number of hydrogen-bond acceptors (Lipinski definition) is 7. The zero-order valence-corrected chi connectivity index (χ0v) is 16.0. The number of ether oxygens (including phenoxy) is 2. The number of carbonyl (C=O) groups excluding carboxylic acids is 1. The first kappa shape index (κ1) is 20.2. The molecule has 0 spiro atoms. The van der Waals surface area contributed by atoms with Crippen molar-refractivity contribution in [2.45, 2.75) is 20.0 Å². The van der Waals surface area contributed by atoms with Crippen molar-refractivity contribution < 1.29 is 23.0 Å². The number of hydrogen-bond donors (Lipinski definition) is 1. The number of nitrogens with one attached hydrogen (secondary N) is 1. The Hall–Kier alpha value is -2.59. The van der Waals surface area contributed by atoms with Gasteiger partial charge >= 0.3 is 6.61 Å². The Morgan fingerprint density at radius 3 is 2.96 bits per heavy atom. The van der Waals surface area contributed by atoms with Crippen molar-refractivity contribution in [2.75, 3.05) is 31.2 Å². The lowest BCUT2D eigenvalue weighted by Crippen LogP contribution is -2.36. The molecule has 2 aromatic rings. The number of rotatable bonds is 7. The summed E-state index contributed by atoms with van der Waals surface area (Å²) >= 11 is 1.49. The van der Waals surface area contributed by atoms with Crippen LogP contribution in [0.2, 0.25) is 0 Å². The third-order valence-corrected chi connectivity index (χ3v) is 4.94. The van der Waals surface area contributed by atoms with E-state index in [0.717, 1.165) is 18.2 Å². The summed E-state index contributed by atoms with van der Waals surface area (Å²) in [5, 5.41) is 6.76. The monoisotopic (exact) mass is 410 g/mol. The van der Waals surface area contributed by atoms with Crippen molar-refractivity contribution in [2.24, 2.45) is 5.10 Å². The average molecular weight is 410 g/mol. The first-order chi connectivity index (χ1) is 13.5. The van der Waals surface area contributed by atoms with E-state index in [9.17, 15) is 13.6 Å². The smallest absolute Gasteiger partial charge is 0.387 e. The Kier molecular flexibility index (Phi) is 6.88. The number of benzene rings is 1. The largest absolute Gasteiger partial charge is 0.435 e. The molecule has 0 aliphatic carbocycles. The summed E-state index contributed by atoms with van der Waals surface area (Å²) in [5.41, 5.74) is 4.18. The molecule has 1 amide bonds. The number of anilines is 1. The van der Waals surface area contributed by atoms with Gasteiger partial charge in [0.1, 0.15) is 5.75 Å². The summed E-state index contributed by atoms with van der Waals surface area (Å²) in [6, 6.07) is 6.14. The van der Waals surface area contributed by atoms with Gasteiger partial charge in [-0.25, -0.2) is 10.4 Å². The predicted molar refractivity (Wildman–Crippen MR) is 102 cm³/mol. The van der Waals surface area contributed by atoms with Gasteiger partial charge in [0.15, 0.2) is 5.13 Å². The van der Waals surface area contributed by atoms with Crippen molar-refractivity contribution in [3.05, 3.63) is 40.9 Å². The minimum absolute atomic E-state index is 0.0338. The first-order valence-electron chi connectivity index (χ1n) is 8.67. The van der Waals surface area contributed by atoms with Crippen molar-refractivity contribution >= 4 is 28.1 Å². The van der Waals surface area contributed by atoms with Gasteiger partial charge < -0.3 is 14.4 Å². The number of alkyl halides is 2. The average Bonchev–Trinajstić information content (AvgIpc) is 3.15. The van der Waals surface area contributed by atoms with Crippen LogP contribution in [0, 0.1) is 0 Å². The molecule has 0 atom stereocenters. The standard InChI is InChI=1S/C18H20F2N4O3S/c1-12(13-3-2-4-15(9-13)27-17(19)20)22-23-16(25)10-14-11-28-18(21-14)24-5-7-26-8-6-24/h2-4,9,11,17H,5-8,10H2,1H3,(H,23,25)/b22-12-. The molecule has 1 saturated heterocycles. The molecule has 150 valence electrons. The van der Waals surface area contributed by atoms with E-state index in [1.165, 1.54) is 23.5 Å². The summed E-state index contributed by atoms with van der Waals surface area (Å²) in [6.07, 6.45) is 0.103. The second-order valence-corrected chi connectivity index (χ2v) is 6.87. The molecule has 1 N–H and O–H groups in total. The van der Waals surface area contributed by atoms with E-state index in [4.69, 9.17) is 4.74 Å². The van der Waals surface area contributed by atoms with Crippen molar-refractivity contribution in [3.8, 4) is 5.75 Å². The summed E-state index contributed by atoms with van der Waals surface area (Å²) in [4.78, 5) is 18.8. The van der Waals surface area contributed by atoms with Gasteiger partial charge in [0.2, 0.25) is 5.91 Å². The molecule has 7 nitrogen and oxygen atoms in total. The molecule has 1 aromatic carbocycles. The van der Waals surface area contributed by atoms with Crippen LogP contribution in [0.5, 0.6) is 5.75 Å². The lowest BCUT2D eigenvalue weighted by atomic mass is 10.1. The van der Waals surface area contributed by atoms with Gasteiger partial charge in [0.25, 0.3) is 0 Å². The first-order valence-corrected chi connectivity index (χ1v) is 9.54. The number of halogens is 2. The topological polar surface area (TPSA) is 76.1 Å². The van der Waals surface area contributed by atoms with Crippen LogP contribution in [0.15, 0.2) is 34.7 Å². The SMILES string of the molecule is C/C(=N/NC(=O)Cc1csc(N2CCOCC2)n1)c1cccc(OC(F)F)c1. The maximum atomic E-state index is 12.3. The van der Waals surface area contributed by atoms with Crippen LogP contribution in [-0.2, 0) is 16.0 Å². The zero-order chi connectivity index (χ0) is 19.9. The Morgan fingerprint density at radius 1 is 1.43 bits per heavy atom. The molecule has 1 aliphatic rings. The predicted octanol–water partition coefficient (Wildman–Crippen LogP) is 2.66. The minimum atomic E-state index is -2.90. The highest BCUT2D eigenvalue weighted by Gasteiger charge is 2.15. The van der Waals surface area contributed by atoms with E-state index in [1.807, 2.05) is 5.38 Å². The zero-order valence-electron chi connectivity index (χ0n) is 15.2. The summed E-state index contributed by atoms with van der Waals surface area (Å²) in [6.45, 7) is 1.70. The summed E-state index contributed by atoms with van der Waals surface area (Å²) in [7, 11) is 0. The van der Waals surface area contributed by atoms with Crippen LogP contribution < -0.4 is 15.1 Å². The third kappa shape index (κ3) is 5.70. The molecule has 10 heteroatoms. The maximum absolute atomic E-state index is 12.3. The van der Waals surface area contributed by atoms with Crippen LogP contribution in [0.3, 0.4) is 0 Å². The van der Waals surface area contributed by atoms with Crippen LogP contribution in [-0.4, -0.2) is 49.5 Å². The Morgan fingerprint density at radius 2 is 2.21 bits per heavy atom. The van der Waals surface area contributed by atoms with Gasteiger partial charge in [-0.05, 0) is 19.1 Å². The second-order valence-electron chi connectivity index (χ2n) is 6.04. The molecular weight excluding hydrogens is 390 g/mol. The normalized spacial score (nSPS) is 15.0. The lowest BCUT2D eigenvalue weighted by molar-refractivity contribution is -0.120. The number of hydrazone groups is 1.